The lowest BCUT2D eigenvalue weighted by Gasteiger charge is -2.30. The Kier molecular flexibility index (Phi) is 8.72. The van der Waals surface area contributed by atoms with Crippen molar-refractivity contribution in [3.05, 3.63) is 54.6 Å². The summed E-state index contributed by atoms with van der Waals surface area (Å²) in [7, 11) is -2.18. The minimum atomic E-state index is -3.78. The van der Waals surface area contributed by atoms with Crippen molar-refractivity contribution in [3.63, 3.8) is 0 Å². The van der Waals surface area contributed by atoms with Crippen LogP contribution >= 0.6 is 11.8 Å². The summed E-state index contributed by atoms with van der Waals surface area (Å²) in [5, 5.41) is 2.57. The smallest absolute Gasteiger partial charge is 0.316 e. The van der Waals surface area contributed by atoms with Crippen molar-refractivity contribution < 1.29 is 22.7 Å². The van der Waals surface area contributed by atoms with Crippen LogP contribution in [0.3, 0.4) is 0 Å². The van der Waals surface area contributed by atoms with Crippen molar-refractivity contribution >= 4 is 39.3 Å². The van der Waals surface area contributed by atoms with E-state index in [9.17, 15) is 18.0 Å². The molecule has 2 aromatic rings. The molecule has 1 amide bonds. The number of ether oxygens (including phenoxy) is 1. The van der Waals surface area contributed by atoms with Gasteiger partial charge in [-0.3, -0.25) is 9.59 Å². The summed E-state index contributed by atoms with van der Waals surface area (Å²) in [4.78, 5) is 25.2. The van der Waals surface area contributed by atoms with Gasteiger partial charge < -0.3 is 10.1 Å². The maximum Gasteiger partial charge on any atom is 0.316 e. The molecule has 1 aliphatic carbocycles. The van der Waals surface area contributed by atoms with Gasteiger partial charge >= 0.3 is 5.97 Å². The molecule has 0 spiro atoms. The number of benzene rings is 2. The monoisotopic (exact) mass is 476 g/mol. The molecule has 9 heteroatoms. The van der Waals surface area contributed by atoms with Crippen molar-refractivity contribution in [2.45, 2.75) is 47.9 Å². The van der Waals surface area contributed by atoms with Crippen LogP contribution in [0.5, 0.6) is 0 Å². The molecular weight excluding hydrogens is 448 g/mol. The molecule has 0 heterocycles. The number of hydrogen-bond donors (Lipinski definition) is 1. The van der Waals surface area contributed by atoms with Gasteiger partial charge in [-0.1, -0.05) is 49.6 Å². The number of carbonyl (C=O) groups is 2. The molecule has 7 nitrogen and oxygen atoms in total. The Morgan fingerprint density at radius 1 is 1.03 bits per heavy atom. The van der Waals surface area contributed by atoms with E-state index in [-0.39, 0.29) is 22.4 Å². The number of nitrogens with zero attached hydrogens (tertiary/aromatic N) is 1. The quantitative estimate of drug-likeness (QED) is 0.436. The molecular formula is C23H28N2O5S2. The third-order valence-corrected chi connectivity index (χ3v) is 8.32. The number of hydrogen-bond acceptors (Lipinski definition) is 6. The SMILES string of the molecule is CN(C1CCCCC1)S(=O)(=O)c1ccccc1NC(=O)COC(=O)CSc1ccccc1. The number of esters is 1. The van der Waals surface area contributed by atoms with E-state index in [1.54, 1.807) is 19.2 Å². The number of para-hydroxylation sites is 1. The Labute approximate surface area is 193 Å². The lowest BCUT2D eigenvalue weighted by atomic mass is 9.96. The van der Waals surface area contributed by atoms with Crippen molar-refractivity contribution in [1.82, 2.24) is 4.31 Å². The van der Waals surface area contributed by atoms with Gasteiger partial charge in [-0.2, -0.15) is 4.31 Å². The van der Waals surface area contributed by atoms with Crippen molar-refractivity contribution in [3.8, 4) is 0 Å². The molecule has 0 aliphatic heterocycles. The van der Waals surface area contributed by atoms with Gasteiger partial charge in [0.1, 0.15) is 4.90 Å². The highest BCUT2D eigenvalue weighted by atomic mass is 32.2. The molecule has 2 aromatic carbocycles. The van der Waals surface area contributed by atoms with Gasteiger partial charge in [0.15, 0.2) is 6.61 Å². The Hall–Kier alpha value is -2.36. The van der Waals surface area contributed by atoms with Crippen LogP contribution in [0.2, 0.25) is 0 Å². The van der Waals surface area contributed by atoms with E-state index in [1.807, 2.05) is 30.3 Å². The lowest BCUT2D eigenvalue weighted by Crippen LogP contribution is -2.38. The normalized spacial score (nSPS) is 14.8. The zero-order valence-electron chi connectivity index (χ0n) is 18.0. The van der Waals surface area contributed by atoms with Gasteiger partial charge in [0.2, 0.25) is 10.0 Å². The fourth-order valence-corrected chi connectivity index (χ4v) is 5.90. The molecule has 0 aromatic heterocycles. The Morgan fingerprint density at radius 3 is 2.41 bits per heavy atom. The summed E-state index contributed by atoms with van der Waals surface area (Å²) in [6.45, 7) is -0.485. The van der Waals surface area contributed by atoms with Gasteiger partial charge in [-0.05, 0) is 37.1 Å². The van der Waals surface area contributed by atoms with Crippen molar-refractivity contribution in [1.29, 1.82) is 0 Å². The highest BCUT2D eigenvalue weighted by Crippen LogP contribution is 2.29. The maximum absolute atomic E-state index is 13.2. The molecule has 1 saturated carbocycles. The van der Waals surface area contributed by atoms with Crippen molar-refractivity contribution in [2.24, 2.45) is 0 Å². The summed E-state index contributed by atoms with van der Waals surface area (Å²) in [5.74, 6) is -1.04. The first-order valence-corrected chi connectivity index (χ1v) is 13.0. The van der Waals surface area contributed by atoms with Gasteiger partial charge in [-0.25, -0.2) is 8.42 Å². The van der Waals surface area contributed by atoms with Gasteiger partial charge in [0.25, 0.3) is 5.91 Å². The summed E-state index contributed by atoms with van der Waals surface area (Å²) in [5.41, 5.74) is 0.176. The number of amides is 1. The predicted octanol–water partition coefficient (Wildman–Crippen LogP) is 3.91. The second-order valence-electron chi connectivity index (χ2n) is 7.62. The van der Waals surface area contributed by atoms with Crippen LogP contribution in [0.1, 0.15) is 32.1 Å². The molecule has 1 N–H and O–H groups in total. The third-order valence-electron chi connectivity index (χ3n) is 5.37. The molecule has 0 atom stereocenters. The second kappa shape index (κ2) is 11.5. The topological polar surface area (TPSA) is 92.8 Å². The van der Waals surface area contributed by atoms with Crippen LogP contribution in [-0.4, -0.2) is 50.0 Å². The summed E-state index contributed by atoms with van der Waals surface area (Å²) >= 11 is 1.32. The molecule has 0 bridgehead atoms. The number of thioether (sulfide) groups is 1. The zero-order valence-corrected chi connectivity index (χ0v) is 19.7. The number of carbonyl (C=O) groups excluding carboxylic acids is 2. The van der Waals surface area contributed by atoms with E-state index >= 15 is 0 Å². The fourth-order valence-electron chi connectivity index (χ4n) is 3.62. The molecule has 1 fully saturated rings. The van der Waals surface area contributed by atoms with Crippen molar-refractivity contribution in [2.75, 3.05) is 24.7 Å². The lowest BCUT2D eigenvalue weighted by molar-refractivity contribution is -0.144. The minimum Gasteiger partial charge on any atom is -0.455 e. The largest absolute Gasteiger partial charge is 0.455 e. The Bertz CT molecular complexity index is 1020. The molecule has 0 saturated heterocycles. The van der Waals surface area contributed by atoms with Crippen LogP contribution < -0.4 is 5.32 Å². The Morgan fingerprint density at radius 2 is 1.69 bits per heavy atom. The Balaban J connectivity index is 1.58. The molecule has 3 rings (SSSR count). The molecule has 0 unspecified atom stereocenters. The summed E-state index contributed by atoms with van der Waals surface area (Å²) < 4.78 is 32.9. The van der Waals surface area contributed by atoms with Crippen LogP contribution in [-0.2, 0) is 24.3 Å². The zero-order chi connectivity index (χ0) is 23.0. The van der Waals surface area contributed by atoms with E-state index in [0.717, 1.165) is 37.0 Å². The highest BCUT2D eigenvalue weighted by molar-refractivity contribution is 8.00. The van der Waals surface area contributed by atoms with Crippen LogP contribution in [0, 0.1) is 0 Å². The number of rotatable bonds is 9. The summed E-state index contributed by atoms with van der Waals surface area (Å²) in [6, 6.07) is 15.6. The van der Waals surface area contributed by atoms with Gasteiger partial charge in [-0.15, -0.1) is 11.8 Å². The molecule has 172 valence electrons. The first-order valence-electron chi connectivity index (χ1n) is 10.6. The summed E-state index contributed by atoms with van der Waals surface area (Å²) in [6.07, 6.45) is 4.82. The highest BCUT2D eigenvalue weighted by Gasteiger charge is 2.31. The van der Waals surface area contributed by atoms with E-state index in [0.29, 0.717) is 0 Å². The average molecular weight is 477 g/mol. The van der Waals surface area contributed by atoms with Gasteiger partial charge in [0, 0.05) is 18.0 Å². The first kappa shape index (κ1) is 24.3. The number of nitrogens with one attached hydrogen (secondary N) is 1. The van der Waals surface area contributed by atoms with E-state index in [2.05, 4.69) is 5.32 Å². The number of anilines is 1. The van der Waals surface area contributed by atoms with Crippen LogP contribution in [0.15, 0.2) is 64.4 Å². The standard InChI is InChI=1S/C23H28N2O5S2/c1-25(18-10-4-2-5-11-18)32(28,29)21-15-9-8-14-20(21)24-22(26)16-30-23(27)17-31-19-12-6-3-7-13-19/h3,6-9,12-15,18H,2,4-5,10-11,16-17H2,1H3,(H,24,26). The number of sulfonamides is 1. The van der Waals surface area contributed by atoms with Gasteiger partial charge in [0.05, 0.1) is 11.4 Å². The fraction of sp³-hybridized carbons (Fsp3) is 0.391. The predicted molar refractivity (Wildman–Crippen MR) is 125 cm³/mol. The second-order valence-corrected chi connectivity index (χ2v) is 10.6. The van der Waals surface area contributed by atoms with E-state index in [1.165, 1.54) is 28.2 Å². The first-order chi connectivity index (χ1) is 15.4. The van der Waals surface area contributed by atoms with E-state index < -0.39 is 28.5 Å². The molecule has 0 radical (unpaired) electrons. The van der Waals surface area contributed by atoms with Crippen LogP contribution in [0.25, 0.3) is 0 Å². The molecule has 1 aliphatic rings. The van der Waals surface area contributed by atoms with E-state index in [4.69, 9.17) is 4.74 Å². The average Bonchev–Trinajstić information content (AvgIpc) is 2.82. The minimum absolute atomic E-state index is 0.0346. The van der Waals surface area contributed by atoms with Crippen LogP contribution in [0.4, 0.5) is 5.69 Å². The third kappa shape index (κ3) is 6.57. The molecule has 32 heavy (non-hydrogen) atoms. The maximum atomic E-state index is 13.2.